The summed E-state index contributed by atoms with van der Waals surface area (Å²) in [5.74, 6) is -2.81. The van der Waals surface area contributed by atoms with Crippen molar-refractivity contribution in [2.24, 2.45) is 22.7 Å². The second-order valence-corrected chi connectivity index (χ2v) is 10.6. The number of aliphatic hydroxyl groups is 1. The number of aliphatic hydroxyl groups excluding tert-OH is 1. The summed E-state index contributed by atoms with van der Waals surface area (Å²) in [5, 5.41) is 11.0. The van der Waals surface area contributed by atoms with E-state index in [9.17, 15) is 19.3 Å². The Labute approximate surface area is 177 Å². The molecule has 6 unspecified atom stereocenters. The number of hydrogen-bond acceptors (Lipinski definition) is 6. The van der Waals surface area contributed by atoms with Crippen LogP contribution < -0.4 is 0 Å². The zero-order valence-corrected chi connectivity index (χ0v) is 17.9. The SMILES string of the molecule is CC12CC(O)[C@@]3(F)C(C[C@H](F)C4=CC(=O)C=CC43C)C1COC2C(=O)COP(=O)(O)O. The molecule has 172 valence electrons. The third kappa shape index (κ3) is 3.22. The predicted octanol–water partition coefficient (Wildman–Crippen LogP) is 1.59. The molecular weight excluding hydrogens is 437 g/mol. The highest BCUT2D eigenvalue weighted by Crippen LogP contribution is 2.67. The summed E-state index contributed by atoms with van der Waals surface area (Å²) >= 11 is 0. The van der Waals surface area contributed by atoms with Gasteiger partial charge in [-0.05, 0) is 43.4 Å². The molecule has 4 rings (SSSR count). The van der Waals surface area contributed by atoms with Crippen LogP contribution in [-0.2, 0) is 23.4 Å². The molecule has 0 radical (unpaired) electrons. The summed E-state index contributed by atoms with van der Waals surface area (Å²) in [6.07, 6.45) is -1.24. The Morgan fingerprint density at radius 2 is 2.03 bits per heavy atom. The number of fused-ring (bicyclic) bond motifs is 5. The first-order valence-corrected chi connectivity index (χ1v) is 11.6. The van der Waals surface area contributed by atoms with Gasteiger partial charge in [0.15, 0.2) is 17.2 Å². The monoisotopic (exact) mass is 462 g/mol. The molecule has 11 heteroatoms. The normalized spacial score (nSPS) is 46.7. The van der Waals surface area contributed by atoms with E-state index >= 15 is 8.78 Å². The molecule has 0 aromatic heterocycles. The number of ether oxygens (including phenoxy) is 1. The second-order valence-electron chi connectivity index (χ2n) is 9.39. The minimum atomic E-state index is -4.88. The van der Waals surface area contributed by atoms with Crippen molar-refractivity contribution in [1.82, 2.24) is 0 Å². The van der Waals surface area contributed by atoms with Crippen molar-refractivity contribution in [2.75, 3.05) is 13.2 Å². The third-order valence-corrected chi connectivity index (χ3v) is 8.24. The maximum Gasteiger partial charge on any atom is 0.470 e. The van der Waals surface area contributed by atoms with Gasteiger partial charge in [-0.25, -0.2) is 13.3 Å². The van der Waals surface area contributed by atoms with Crippen LogP contribution in [0.2, 0.25) is 0 Å². The molecule has 3 aliphatic carbocycles. The minimum Gasteiger partial charge on any atom is -0.390 e. The molecule has 1 saturated heterocycles. The number of halogens is 2. The third-order valence-electron chi connectivity index (χ3n) is 7.77. The van der Waals surface area contributed by atoms with Crippen LogP contribution in [-0.4, -0.2) is 63.7 Å². The average molecular weight is 462 g/mol. The lowest BCUT2D eigenvalue weighted by molar-refractivity contribution is -0.196. The number of alkyl halides is 2. The maximum atomic E-state index is 16.8. The van der Waals surface area contributed by atoms with Crippen LogP contribution in [0.3, 0.4) is 0 Å². The van der Waals surface area contributed by atoms with E-state index in [4.69, 9.17) is 14.5 Å². The van der Waals surface area contributed by atoms with E-state index in [1.807, 2.05) is 0 Å². The Hall–Kier alpha value is -1.29. The molecule has 2 saturated carbocycles. The van der Waals surface area contributed by atoms with Crippen molar-refractivity contribution in [3.8, 4) is 0 Å². The topological polar surface area (TPSA) is 130 Å². The van der Waals surface area contributed by atoms with Gasteiger partial charge in [0.1, 0.15) is 18.9 Å². The summed E-state index contributed by atoms with van der Waals surface area (Å²) in [7, 11) is -4.88. The van der Waals surface area contributed by atoms with Crippen molar-refractivity contribution in [1.29, 1.82) is 0 Å². The van der Waals surface area contributed by atoms with Crippen LogP contribution in [0, 0.1) is 22.7 Å². The lowest BCUT2D eigenvalue weighted by atomic mass is 9.45. The number of ketones is 2. The van der Waals surface area contributed by atoms with Crippen LogP contribution in [0.1, 0.15) is 26.7 Å². The summed E-state index contributed by atoms with van der Waals surface area (Å²) in [4.78, 5) is 42.1. The Kier molecular flexibility index (Phi) is 5.24. The van der Waals surface area contributed by atoms with Gasteiger partial charge in [-0.1, -0.05) is 13.0 Å². The zero-order chi connectivity index (χ0) is 23.0. The van der Waals surface area contributed by atoms with Crippen LogP contribution in [0.15, 0.2) is 23.8 Å². The summed E-state index contributed by atoms with van der Waals surface area (Å²) in [6, 6.07) is 0. The van der Waals surface area contributed by atoms with E-state index in [2.05, 4.69) is 4.52 Å². The van der Waals surface area contributed by atoms with Crippen molar-refractivity contribution >= 4 is 19.4 Å². The van der Waals surface area contributed by atoms with E-state index in [1.54, 1.807) is 6.92 Å². The largest absolute Gasteiger partial charge is 0.470 e. The van der Waals surface area contributed by atoms with Gasteiger partial charge in [0, 0.05) is 16.7 Å². The fourth-order valence-corrected chi connectivity index (χ4v) is 6.57. The molecule has 0 amide bonds. The molecule has 8 nitrogen and oxygen atoms in total. The fraction of sp³-hybridized carbons (Fsp3) is 0.700. The highest BCUT2D eigenvalue weighted by atomic mass is 31.2. The lowest BCUT2D eigenvalue weighted by Crippen LogP contribution is -2.69. The standard InChI is InChI=1S/C20H25F2O8P/c1-18-7-16(25)20(22)11(6-14(21)12-5-10(23)3-4-19(12,20)2)13(18)8-29-17(18)15(24)9-30-31(26,27)28/h3-5,11,13-14,16-17,25H,6-9H2,1-2H3,(H2,26,27,28)/t11?,13?,14-,16?,17?,18?,19?,20-/m0/s1. The number of hydrogen-bond donors (Lipinski definition) is 3. The summed E-state index contributed by atoms with van der Waals surface area (Å²) < 4.78 is 52.8. The molecule has 8 atom stereocenters. The minimum absolute atomic E-state index is 0.00277. The molecule has 1 heterocycles. The number of phosphoric acid groups is 1. The van der Waals surface area contributed by atoms with Crippen LogP contribution in [0.25, 0.3) is 0 Å². The molecule has 0 aromatic rings. The smallest absolute Gasteiger partial charge is 0.390 e. The Bertz CT molecular complexity index is 930. The quantitative estimate of drug-likeness (QED) is 0.537. The van der Waals surface area contributed by atoms with Crippen molar-refractivity contribution in [3.63, 3.8) is 0 Å². The first-order valence-electron chi connectivity index (χ1n) is 10.0. The van der Waals surface area contributed by atoms with E-state index < -0.39 is 72.7 Å². The van der Waals surface area contributed by atoms with Crippen LogP contribution in [0.4, 0.5) is 8.78 Å². The molecule has 4 aliphatic rings. The van der Waals surface area contributed by atoms with Crippen LogP contribution >= 0.6 is 7.82 Å². The van der Waals surface area contributed by atoms with Gasteiger partial charge in [-0.3, -0.25) is 14.1 Å². The Morgan fingerprint density at radius 1 is 1.35 bits per heavy atom. The number of rotatable bonds is 4. The van der Waals surface area contributed by atoms with Gasteiger partial charge in [0.2, 0.25) is 0 Å². The van der Waals surface area contributed by atoms with E-state index in [-0.39, 0.29) is 25.0 Å². The summed E-state index contributed by atoms with van der Waals surface area (Å²) in [6.45, 7) is 2.13. The molecule has 3 N–H and O–H groups in total. The molecular formula is C20H25F2O8P. The molecule has 0 aromatic carbocycles. The number of allylic oxidation sites excluding steroid dienone is 4. The van der Waals surface area contributed by atoms with Gasteiger partial charge >= 0.3 is 7.82 Å². The van der Waals surface area contributed by atoms with Gasteiger partial charge in [-0.2, -0.15) is 0 Å². The van der Waals surface area contributed by atoms with Crippen molar-refractivity contribution < 1.29 is 47.1 Å². The zero-order valence-electron chi connectivity index (χ0n) is 17.0. The van der Waals surface area contributed by atoms with E-state index in [0.717, 1.165) is 6.08 Å². The molecule has 0 spiro atoms. The number of phosphoric ester groups is 1. The number of carbonyl (C=O) groups excluding carboxylic acids is 2. The Balaban J connectivity index is 1.69. The molecule has 0 bridgehead atoms. The highest BCUT2D eigenvalue weighted by molar-refractivity contribution is 7.46. The molecule has 3 fully saturated rings. The highest BCUT2D eigenvalue weighted by Gasteiger charge is 2.72. The maximum absolute atomic E-state index is 16.8. The Morgan fingerprint density at radius 3 is 2.68 bits per heavy atom. The first kappa shape index (κ1) is 22.9. The van der Waals surface area contributed by atoms with Crippen molar-refractivity contribution in [2.45, 2.75) is 50.7 Å². The average Bonchev–Trinajstić information content (AvgIpc) is 3.00. The van der Waals surface area contributed by atoms with E-state index in [0.29, 0.717) is 0 Å². The van der Waals surface area contributed by atoms with Gasteiger partial charge < -0.3 is 19.6 Å². The summed E-state index contributed by atoms with van der Waals surface area (Å²) in [5.41, 5.74) is -4.90. The predicted molar refractivity (Wildman–Crippen MR) is 102 cm³/mol. The molecule has 31 heavy (non-hydrogen) atoms. The first-order chi connectivity index (χ1) is 14.2. The lowest BCUT2D eigenvalue weighted by Gasteiger charge is -2.61. The van der Waals surface area contributed by atoms with Crippen LogP contribution in [0.5, 0.6) is 0 Å². The number of Topliss-reactive ketones (excluding diaryl/α,β-unsaturated/α-hetero) is 1. The van der Waals surface area contributed by atoms with Crippen molar-refractivity contribution in [3.05, 3.63) is 23.8 Å². The number of carbonyl (C=O) groups is 2. The van der Waals surface area contributed by atoms with Gasteiger partial charge in [0.05, 0.1) is 12.7 Å². The van der Waals surface area contributed by atoms with E-state index in [1.165, 1.54) is 19.1 Å². The second kappa shape index (κ2) is 7.10. The van der Waals surface area contributed by atoms with Gasteiger partial charge in [0.25, 0.3) is 0 Å². The van der Waals surface area contributed by atoms with Gasteiger partial charge in [-0.15, -0.1) is 0 Å². The molecule has 1 aliphatic heterocycles. The fourth-order valence-electron chi connectivity index (χ4n) is 6.28.